The van der Waals surface area contributed by atoms with Gasteiger partial charge in [-0.25, -0.2) is 12.2 Å². The predicted octanol–water partition coefficient (Wildman–Crippen LogP) is 1.01. The minimum absolute atomic E-state index is 0. The molecule has 0 bridgehead atoms. The zero-order valence-electron chi connectivity index (χ0n) is 21.0. The Kier molecular flexibility index (Phi) is 15.3. The summed E-state index contributed by atoms with van der Waals surface area (Å²) in [7, 11) is -1.11. The molecule has 4 aromatic rings. The molecule has 4 heteroatoms. The molecule has 0 nitrogen and oxygen atoms in total. The first kappa shape index (κ1) is 32.1. The van der Waals surface area contributed by atoms with Gasteiger partial charge in [0.2, 0.25) is 0 Å². The molecule has 0 atom stereocenters. The molecule has 0 spiro atoms. The molecule has 0 N–H and O–H groups in total. The molecule has 0 saturated carbocycles. The summed E-state index contributed by atoms with van der Waals surface area (Å²) >= 11 is 1.71. The molecule has 0 radical (unpaired) electrons. The number of benzene rings is 4. The quantitative estimate of drug-likeness (QED) is 0.225. The Morgan fingerprint density at radius 3 is 1.08 bits per heavy atom. The van der Waals surface area contributed by atoms with E-state index >= 15 is 0 Å². The maximum absolute atomic E-state index is 3.15. The number of hydrogen-bond donors (Lipinski definition) is 0. The van der Waals surface area contributed by atoms with E-state index in [1.807, 2.05) is 12.1 Å². The van der Waals surface area contributed by atoms with Crippen LogP contribution in [0.3, 0.4) is 0 Å². The monoisotopic (exact) mass is 670 g/mol. The van der Waals surface area contributed by atoms with Crippen molar-refractivity contribution in [2.75, 3.05) is 0 Å². The SMILES string of the molecule is [C-]1=CC(c2ccccc2)=CC1.[C-]1=CC(c2ccccc2)=CC1.[Cl-].[Cl-].[Zr+2]=[Ge]([c]1ccccc1)[c]1ccccc1. The summed E-state index contributed by atoms with van der Waals surface area (Å²) < 4.78 is 3.16. The van der Waals surface area contributed by atoms with E-state index in [4.69, 9.17) is 0 Å². The van der Waals surface area contributed by atoms with Crippen LogP contribution in [0, 0.1) is 12.2 Å². The first-order chi connectivity index (χ1) is 17.8. The number of rotatable bonds is 4. The molecular formula is C34H28Cl2GeZr-2. The number of hydrogen-bond acceptors (Lipinski definition) is 0. The van der Waals surface area contributed by atoms with Gasteiger partial charge in [0.25, 0.3) is 0 Å². The van der Waals surface area contributed by atoms with Crippen molar-refractivity contribution in [1.82, 2.24) is 0 Å². The molecule has 0 saturated heterocycles. The fourth-order valence-electron chi connectivity index (χ4n) is 3.83. The Labute approximate surface area is 256 Å². The van der Waals surface area contributed by atoms with Gasteiger partial charge in [0, 0.05) is 0 Å². The van der Waals surface area contributed by atoms with Crippen molar-refractivity contribution in [2.45, 2.75) is 12.8 Å². The van der Waals surface area contributed by atoms with Crippen LogP contribution in [0.2, 0.25) is 0 Å². The third kappa shape index (κ3) is 10.2. The second-order valence-electron chi connectivity index (χ2n) is 8.26. The van der Waals surface area contributed by atoms with Gasteiger partial charge in [0.05, 0.1) is 0 Å². The average Bonchev–Trinajstić information content (AvgIpc) is 3.71. The molecule has 2 aliphatic carbocycles. The Bertz CT molecular complexity index is 1250. The molecule has 0 aliphatic heterocycles. The number of halogens is 2. The van der Waals surface area contributed by atoms with Gasteiger partial charge in [-0.1, -0.05) is 60.7 Å². The summed E-state index contributed by atoms with van der Waals surface area (Å²) in [5, 5.41) is 0. The van der Waals surface area contributed by atoms with Gasteiger partial charge in [-0.3, -0.25) is 12.2 Å². The summed E-state index contributed by atoms with van der Waals surface area (Å²) in [4.78, 5) is 0. The normalized spacial score (nSPS) is 12.4. The van der Waals surface area contributed by atoms with E-state index in [0.29, 0.717) is 0 Å². The summed E-state index contributed by atoms with van der Waals surface area (Å²) in [5.74, 6) is 0. The van der Waals surface area contributed by atoms with Gasteiger partial charge < -0.3 is 24.8 Å². The van der Waals surface area contributed by atoms with E-state index in [1.54, 1.807) is 30.4 Å². The molecule has 0 amide bonds. The van der Waals surface area contributed by atoms with Crippen molar-refractivity contribution < 1.29 is 46.4 Å². The van der Waals surface area contributed by atoms with Crippen molar-refractivity contribution in [3.05, 3.63) is 169 Å². The van der Waals surface area contributed by atoms with Crippen LogP contribution in [0.15, 0.2) is 146 Å². The van der Waals surface area contributed by atoms with E-state index in [1.165, 1.54) is 22.3 Å². The van der Waals surface area contributed by atoms with Gasteiger partial charge in [0.1, 0.15) is 0 Å². The molecule has 0 heterocycles. The van der Waals surface area contributed by atoms with Crippen molar-refractivity contribution in [1.29, 1.82) is 0 Å². The Morgan fingerprint density at radius 1 is 0.474 bits per heavy atom. The van der Waals surface area contributed by atoms with Crippen LogP contribution in [0.1, 0.15) is 24.0 Å². The van der Waals surface area contributed by atoms with Gasteiger partial charge in [0.15, 0.2) is 0 Å². The van der Waals surface area contributed by atoms with Crippen LogP contribution < -0.4 is 33.6 Å². The standard InChI is InChI=1S/C12H10Ge.2C11H9.2ClH.Zr/c1-3-7-11(8-4-1)13-12-9-5-2-6-10-12;2*1-2-6-10(7-3-1)11-8-4-5-9-11;;;/h1-10H;2*1-3,6-9H,4H2;2*1H;/q;2*-1;;;+2/p-2. The summed E-state index contributed by atoms with van der Waals surface area (Å²) in [6, 6.07) is 42.7. The van der Waals surface area contributed by atoms with E-state index in [9.17, 15) is 0 Å². The molecule has 0 fully saturated rings. The molecule has 188 valence electrons. The summed E-state index contributed by atoms with van der Waals surface area (Å²) in [6.45, 7) is 0. The Balaban J connectivity index is 0.000000197. The van der Waals surface area contributed by atoms with Crippen molar-refractivity contribution in [3.8, 4) is 0 Å². The molecule has 0 unspecified atom stereocenters. The second-order valence-corrected chi connectivity index (χ2v) is 18.6. The van der Waals surface area contributed by atoms with Crippen LogP contribution in [0.4, 0.5) is 0 Å². The van der Waals surface area contributed by atoms with Crippen LogP contribution in [0.5, 0.6) is 0 Å². The van der Waals surface area contributed by atoms with E-state index in [0.717, 1.165) is 12.8 Å². The Hall–Kier alpha value is -2.15. The fraction of sp³-hybridized carbons (Fsp3) is 0.0588. The van der Waals surface area contributed by atoms with Crippen molar-refractivity contribution in [3.63, 3.8) is 0 Å². The van der Waals surface area contributed by atoms with Crippen molar-refractivity contribution in [2.24, 2.45) is 0 Å². The van der Waals surface area contributed by atoms with Gasteiger partial charge in [-0.15, -0.1) is 24.0 Å². The van der Waals surface area contributed by atoms with Crippen LogP contribution in [-0.4, -0.2) is 9.98 Å². The topological polar surface area (TPSA) is 0 Å². The number of allylic oxidation sites excluding steroid dienone is 8. The average molecular weight is 671 g/mol. The van der Waals surface area contributed by atoms with E-state index < -0.39 is 9.98 Å². The van der Waals surface area contributed by atoms with Gasteiger partial charge >= 0.3 is 101 Å². The maximum atomic E-state index is 3.15. The zero-order valence-corrected chi connectivity index (χ0v) is 27.1. The first-order valence-corrected chi connectivity index (χ1v) is 21.7. The summed E-state index contributed by atoms with van der Waals surface area (Å²) in [5.41, 5.74) is 5.17. The van der Waals surface area contributed by atoms with Crippen LogP contribution in [0.25, 0.3) is 11.1 Å². The van der Waals surface area contributed by atoms with E-state index in [-0.39, 0.29) is 24.8 Å². The third-order valence-corrected chi connectivity index (χ3v) is 16.9. The van der Waals surface area contributed by atoms with Gasteiger partial charge in [-0.2, -0.15) is 23.3 Å². The second kappa shape index (κ2) is 18.2. The zero-order chi connectivity index (χ0) is 24.8. The molecule has 4 aromatic carbocycles. The van der Waals surface area contributed by atoms with Crippen LogP contribution >= 0.6 is 0 Å². The molecule has 2 aliphatic rings. The third-order valence-electron chi connectivity index (χ3n) is 5.73. The molecule has 6 rings (SSSR count). The van der Waals surface area contributed by atoms with E-state index in [2.05, 4.69) is 146 Å². The molecular weight excluding hydrogens is 643 g/mol. The minimum atomic E-state index is -1.11. The first-order valence-electron chi connectivity index (χ1n) is 12.1. The predicted molar refractivity (Wildman–Crippen MR) is 152 cm³/mol. The Morgan fingerprint density at radius 2 is 0.789 bits per heavy atom. The van der Waals surface area contributed by atoms with Crippen molar-refractivity contribution >= 4 is 29.9 Å². The summed E-state index contributed by atoms with van der Waals surface area (Å²) in [6.07, 6.45) is 16.7. The molecule has 0 aromatic heterocycles. The van der Waals surface area contributed by atoms with Crippen LogP contribution in [-0.2, 0) is 21.6 Å². The fourth-order valence-corrected chi connectivity index (χ4v) is 11.0. The van der Waals surface area contributed by atoms with Gasteiger partial charge in [-0.05, 0) is 0 Å². The molecule has 38 heavy (non-hydrogen) atoms.